The minimum Gasteiger partial charge on any atom is -0.392 e. The summed E-state index contributed by atoms with van der Waals surface area (Å²) in [6.07, 6.45) is 7.41. The van der Waals surface area contributed by atoms with E-state index in [0.717, 1.165) is 44.5 Å². The Labute approximate surface area is 153 Å². The fourth-order valence-corrected chi connectivity index (χ4v) is 5.67. The van der Waals surface area contributed by atoms with Gasteiger partial charge in [0.05, 0.1) is 30.4 Å². The SMILES string of the molecule is CC(=O)N1CCC2(CC[C@@H]([C@H]3c4ccccc4-c4cncn43)[C@H]2O)CC1. The number of nitrogens with zero attached hydrogens (tertiary/aromatic N) is 3. The fourth-order valence-electron chi connectivity index (χ4n) is 5.67. The zero-order valence-electron chi connectivity index (χ0n) is 15.1. The number of piperidine rings is 1. The van der Waals surface area contributed by atoms with Crippen LogP contribution in [0, 0.1) is 11.3 Å². The molecule has 1 saturated heterocycles. The van der Waals surface area contributed by atoms with E-state index in [9.17, 15) is 9.90 Å². The molecule has 5 nitrogen and oxygen atoms in total. The maximum Gasteiger partial charge on any atom is 0.219 e. The zero-order chi connectivity index (χ0) is 17.9. The van der Waals surface area contributed by atoms with E-state index in [1.807, 2.05) is 17.4 Å². The molecule has 3 atom stereocenters. The first-order valence-corrected chi connectivity index (χ1v) is 9.65. The number of aromatic nitrogens is 2. The van der Waals surface area contributed by atoms with Crippen molar-refractivity contribution in [1.82, 2.24) is 14.5 Å². The number of likely N-dealkylation sites (tertiary alicyclic amines) is 1. The van der Waals surface area contributed by atoms with Gasteiger partial charge in [0.15, 0.2) is 0 Å². The molecule has 1 N–H and O–H groups in total. The van der Waals surface area contributed by atoms with Gasteiger partial charge in [0, 0.05) is 36.9 Å². The highest BCUT2D eigenvalue weighted by atomic mass is 16.3. The number of hydrogen-bond donors (Lipinski definition) is 1. The molecule has 2 aliphatic heterocycles. The molecule has 1 aromatic heterocycles. The Balaban J connectivity index is 1.45. The summed E-state index contributed by atoms with van der Waals surface area (Å²) >= 11 is 0. The number of aliphatic hydroxyl groups excluding tert-OH is 1. The van der Waals surface area contributed by atoms with Crippen LogP contribution in [-0.4, -0.2) is 44.7 Å². The van der Waals surface area contributed by atoms with Gasteiger partial charge in [-0.2, -0.15) is 0 Å². The lowest BCUT2D eigenvalue weighted by molar-refractivity contribution is -0.132. The van der Waals surface area contributed by atoms with Crippen LogP contribution in [0.3, 0.4) is 0 Å². The van der Waals surface area contributed by atoms with Gasteiger partial charge < -0.3 is 14.6 Å². The lowest BCUT2D eigenvalue weighted by Gasteiger charge is -2.42. The molecular weight excluding hydrogens is 326 g/mol. The second-order valence-corrected chi connectivity index (χ2v) is 8.23. The van der Waals surface area contributed by atoms with Crippen LogP contribution in [0.2, 0.25) is 0 Å². The van der Waals surface area contributed by atoms with E-state index in [4.69, 9.17) is 0 Å². The smallest absolute Gasteiger partial charge is 0.219 e. The first-order valence-electron chi connectivity index (χ1n) is 9.65. The van der Waals surface area contributed by atoms with Crippen LogP contribution >= 0.6 is 0 Å². The summed E-state index contributed by atoms with van der Waals surface area (Å²) in [7, 11) is 0. The molecule has 1 spiro atoms. The predicted octanol–water partition coefficient (Wildman–Crippen LogP) is 2.85. The molecule has 0 unspecified atom stereocenters. The summed E-state index contributed by atoms with van der Waals surface area (Å²) in [5, 5.41) is 11.4. The van der Waals surface area contributed by atoms with Crippen molar-refractivity contribution in [2.24, 2.45) is 11.3 Å². The van der Waals surface area contributed by atoms with Gasteiger partial charge in [-0.25, -0.2) is 4.98 Å². The second kappa shape index (κ2) is 5.68. The highest BCUT2D eigenvalue weighted by molar-refractivity contribution is 5.73. The molecular formula is C21H25N3O2. The maximum absolute atomic E-state index is 11.7. The van der Waals surface area contributed by atoms with Crippen molar-refractivity contribution in [3.8, 4) is 11.3 Å². The van der Waals surface area contributed by atoms with E-state index in [-0.39, 0.29) is 29.4 Å². The lowest BCUT2D eigenvalue weighted by Crippen LogP contribution is -2.47. The first kappa shape index (κ1) is 16.1. The Hall–Kier alpha value is -2.14. The number of hydrogen-bond acceptors (Lipinski definition) is 3. The quantitative estimate of drug-likeness (QED) is 0.859. The van der Waals surface area contributed by atoms with E-state index in [1.54, 1.807) is 6.92 Å². The number of carbonyl (C=O) groups is 1. The van der Waals surface area contributed by atoms with Gasteiger partial charge in [-0.15, -0.1) is 0 Å². The van der Waals surface area contributed by atoms with Gasteiger partial charge in [-0.3, -0.25) is 4.79 Å². The van der Waals surface area contributed by atoms with Gasteiger partial charge in [0.25, 0.3) is 0 Å². The van der Waals surface area contributed by atoms with Crippen LogP contribution in [-0.2, 0) is 4.79 Å². The Morgan fingerprint density at radius 3 is 2.77 bits per heavy atom. The molecule has 0 radical (unpaired) electrons. The van der Waals surface area contributed by atoms with Crippen LogP contribution in [0.1, 0.15) is 44.2 Å². The van der Waals surface area contributed by atoms with Crippen molar-refractivity contribution in [3.63, 3.8) is 0 Å². The largest absolute Gasteiger partial charge is 0.392 e. The number of aliphatic hydroxyl groups is 1. The normalized spacial score (nSPS) is 29.0. The first-order chi connectivity index (χ1) is 12.6. The molecule has 3 heterocycles. The van der Waals surface area contributed by atoms with Crippen molar-refractivity contribution in [3.05, 3.63) is 42.4 Å². The number of benzene rings is 1. The molecule has 1 amide bonds. The second-order valence-electron chi connectivity index (χ2n) is 8.23. The Morgan fingerprint density at radius 2 is 2.00 bits per heavy atom. The average molecular weight is 351 g/mol. The summed E-state index contributed by atoms with van der Waals surface area (Å²) < 4.78 is 2.25. The summed E-state index contributed by atoms with van der Waals surface area (Å²) in [4.78, 5) is 17.9. The van der Waals surface area contributed by atoms with Crippen LogP contribution < -0.4 is 0 Å². The molecule has 5 rings (SSSR count). The van der Waals surface area contributed by atoms with Crippen LogP contribution in [0.25, 0.3) is 11.3 Å². The molecule has 1 aliphatic carbocycles. The number of fused-ring (bicyclic) bond motifs is 3. The monoisotopic (exact) mass is 351 g/mol. The highest BCUT2D eigenvalue weighted by Gasteiger charge is 2.53. The molecule has 2 fully saturated rings. The predicted molar refractivity (Wildman–Crippen MR) is 98.5 cm³/mol. The van der Waals surface area contributed by atoms with Crippen molar-refractivity contribution < 1.29 is 9.90 Å². The van der Waals surface area contributed by atoms with Gasteiger partial charge in [0.2, 0.25) is 5.91 Å². The standard InChI is InChI=1S/C21H25N3O2/c1-14(25)23-10-8-21(9-11-23)7-6-17(20(21)26)19-16-5-3-2-4-15(16)18-12-22-13-24(18)19/h2-5,12-13,17,19-20,26H,6-11H2,1H3/t17-,19+,20+/m0/s1. The van der Waals surface area contributed by atoms with Gasteiger partial charge >= 0.3 is 0 Å². The highest BCUT2D eigenvalue weighted by Crippen LogP contribution is 2.55. The third-order valence-electron chi connectivity index (χ3n) is 7.14. The number of carbonyl (C=O) groups excluding carboxylic acids is 1. The van der Waals surface area contributed by atoms with Crippen molar-refractivity contribution in [1.29, 1.82) is 0 Å². The number of rotatable bonds is 1. The summed E-state index contributed by atoms with van der Waals surface area (Å²) in [5.41, 5.74) is 3.68. The Morgan fingerprint density at radius 1 is 1.23 bits per heavy atom. The lowest BCUT2D eigenvalue weighted by atomic mass is 9.73. The van der Waals surface area contributed by atoms with Crippen LogP contribution in [0.15, 0.2) is 36.8 Å². The Kier molecular flexibility index (Phi) is 3.51. The van der Waals surface area contributed by atoms with Gasteiger partial charge in [0.1, 0.15) is 0 Å². The third kappa shape index (κ3) is 2.13. The molecule has 26 heavy (non-hydrogen) atoms. The maximum atomic E-state index is 11.7. The summed E-state index contributed by atoms with van der Waals surface area (Å²) in [6.45, 7) is 3.19. The van der Waals surface area contributed by atoms with Crippen molar-refractivity contribution in [2.75, 3.05) is 13.1 Å². The summed E-state index contributed by atoms with van der Waals surface area (Å²) in [5.74, 6) is 0.354. The molecule has 1 saturated carbocycles. The zero-order valence-corrected chi connectivity index (χ0v) is 15.1. The third-order valence-corrected chi connectivity index (χ3v) is 7.14. The van der Waals surface area contributed by atoms with E-state index < -0.39 is 0 Å². The van der Waals surface area contributed by atoms with Gasteiger partial charge in [-0.1, -0.05) is 24.3 Å². The summed E-state index contributed by atoms with van der Waals surface area (Å²) in [6, 6.07) is 8.69. The molecule has 2 aromatic rings. The Bertz CT molecular complexity index is 850. The van der Waals surface area contributed by atoms with E-state index >= 15 is 0 Å². The number of imidazole rings is 1. The van der Waals surface area contributed by atoms with Crippen molar-refractivity contribution >= 4 is 5.91 Å². The molecule has 0 bridgehead atoms. The van der Waals surface area contributed by atoms with Crippen LogP contribution in [0.4, 0.5) is 0 Å². The molecule has 136 valence electrons. The van der Waals surface area contributed by atoms with E-state index in [2.05, 4.69) is 33.8 Å². The minimum atomic E-state index is -0.331. The van der Waals surface area contributed by atoms with E-state index in [1.165, 1.54) is 11.1 Å². The van der Waals surface area contributed by atoms with Crippen LogP contribution in [0.5, 0.6) is 0 Å². The van der Waals surface area contributed by atoms with Gasteiger partial charge in [-0.05, 0) is 31.2 Å². The fraction of sp³-hybridized carbons (Fsp3) is 0.524. The molecule has 3 aliphatic rings. The average Bonchev–Trinajstić information content (AvgIpc) is 3.31. The minimum absolute atomic E-state index is 0.0328. The van der Waals surface area contributed by atoms with Crippen molar-refractivity contribution in [2.45, 2.75) is 44.8 Å². The molecule has 5 heteroatoms. The molecule has 1 aromatic carbocycles. The number of amides is 1. The van der Waals surface area contributed by atoms with E-state index in [0.29, 0.717) is 0 Å². The topological polar surface area (TPSA) is 58.4 Å².